The SMILES string of the molecule is CC(C)(CC(O)C#N)N=O. The third kappa shape index (κ3) is 3.15. The van der Waals surface area contributed by atoms with Crippen LogP contribution in [0, 0.1) is 16.2 Å². The van der Waals surface area contributed by atoms with Crippen LogP contribution in [0.4, 0.5) is 0 Å². The van der Waals surface area contributed by atoms with Gasteiger partial charge in [-0.3, -0.25) is 0 Å². The van der Waals surface area contributed by atoms with E-state index in [4.69, 9.17) is 10.4 Å². The lowest BCUT2D eigenvalue weighted by Crippen LogP contribution is -2.22. The van der Waals surface area contributed by atoms with Gasteiger partial charge in [0, 0.05) is 6.42 Å². The van der Waals surface area contributed by atoms with E-state index in [1.165, 1.54) is 0 Å². The molecule has 0 radical (unpaired) electrons. The molecule has 0 aliphatic rings. The van der Waals surface area contributed by atoms with Crippen molar-refractivity contribution in [3.05, 3.63) is 4.91 Å². The fraction of sp³-hybridized carbons (Fsp3) is 0.833. The minimum atomic E-state index is -1.09. The summed E-state index contributed by atoms with van der Waals surface area (Å²) in [6.07, 6.45) is -1.000. The molecule has 10 heavy (non-hydrogen) atoms. The minimum Gasteiger partial charge on any atom is -0.378 e. The smallest absolute Gasteiger partial charge is 0.142 e. The molecule has 1 unspecified atom stereocenters. The van der Waals surface area contributed by atoms with Crippen LogP contribution >= 0.6 is 0 Å². The zero-order valence-electron chi connectivity index (χ0n) is 6.03. The molecular formula is C6H10N2O2. The van der Waals surface area contributed by atoms with Crippen LogP contribution in [-0.2, 0) is 0 Å². The molecule has 1 N–H and O–H groups in total. The summed E-state index contributed by atoms with van der Waals surface area (Å²) in [5, 5.41) is 19.7. The van der Waals surface area contributed by atoms with E-state index in [-0.39, 0.29) is 6.42 Å². The van der Waals surface area contributed by atoms with Crippen molar-refractivity contribution in [3.8, 4) is 6.07 Å². The van der Waals surface area contributed by atoms with E-state index in [9.17, 15) is 4.91 Å². The fourth-order valence-electron chi connectivity index (χ4n) is 0.556. The number of aliphatic hydroxyl groups is 1. The van der Waals surface area contributed by atoms with Crippen molar-refractivity contribution in [2.45, 2.75) is 31.9 Å². The first-order valence-corrected chi connectivity index (χ1v) is 2.94. The summed E-state index contributed by atoms with van der Waals surface area (Å²) in [7, 11) is 0. The topological polar surface area (TPSA) is 73.4 Å². The average molecular weight is 142 g/mol. The molecule has 56 valence electrons. The molecule has 0 aromatic rings. The first kappa shape index (κ1) is 9.05. The minimum absolute atomic E-state index is 0.0903. The third-order valence-electron chi connectivity index (χ3n) is 1.09. The highest BCUT2D eigenvalue weighted by atomic mass is 16.3. The first-order chi connectivity index (χ1) is 4.52. The molecule has 0 rings (SSSR count). The molecule has 4 nitrogen and oxygen atoms in total. The van der Waals surface area contributed by atoms with Gasteiger partial charge in [0.25, 0.3) is 0 Å². The van der Waals surface area contributed by atoms with Crippen molar-refractivity contribution in [2.75, 3.05) is 0 Å². The Bertz CT molecular complexity index is 160. The Hall–Kier alpha value is -0.950. The Balaban J connectivity index is 3.90. The predicted octanol–water partition coefficient (Wildman–Crippen LogP) is 0.806. The van der Waals surface area contributed by atoms with Crippen LogP contribution in [0.1, 0.15) is 20.3 Å². The Labute approximate surface area is 59.4 Å². The van der Waals surface area contributed by atoms with Gasteiger partial charge in [-0.1, -0.05) is 5.18 Å². The van der Waals surface area contributed by atoms with E-state index < -0.39 is 11.6 Å². The molecule has 0 fully saturated rings. The van der Waals surface area contributed by atoms with Gasteiger partial charge in [0.2, 0.25) is 0 Å². The maximum absolute atomic E-state index is 10.0. The van der Waals surface area contributed by atoms with E-state index in [2.05, 4.69) is 5.18 Å². The standard InChI is InChI=1S/C6H10N2O2/c1-6(2,8-10)3-5(9)4-7/h5,9H,3H2,1-2H3. The zero-order valence-corrected chi connectivity index (χ0v) is 6.03. The summed E-state index contributed by atoms with van der Waals surface area (Å²) in [6.45, 7) is 3.14. The van der Waals surface area contributed by atoms with Crippen LogP contribution in [0.2, 0.25) is 0 Å². The van der Waals surface area contributed by atoms with Gasteiger partial charge in [-0.25, -0.2) is 0 Å². The first-order valence-electron chi connectivity index (χ1n) is 2.94. The average Bonchev–Trinajstić information content (AvgIpc) is 1.87. The summed E-state index contributed by atoms with van der Waals surface area (Å²) >= 11 is 0. The van der Waals surface area contributed by atoms with E-state index >= 15 is 0 Å². The quantitative estimate of drug-likeness (QED) is 0.468. The predicted molar refractivity (Wildman–Crippen MR) is 36.1 cm³/mol. The van der Waals surface area contributed by atoms with Gasteiger partial charge in [0.05, 0.1) is 6.07 Å². The van der Waals surface area contributed by atoms with E-state index in [1.807, 2.05) is 0 Å². The van der Waals surface area contributed by atoms with Gasteiger partial charge in [0.15, 0.2) is 0 Å². The maximum Gasteiger partial charge on any atom is 0.142 e. The molecule has 0 heterocycles. The van der Waals surface area contributed by atoms with Crippen molar-refractivity contribution in [2.24, 2.45) is 5.18 Å². The van der Waals surface area contributed by atoms with E-state index in [0.29, 0.717) is 0 Å². The van der Waals surface area contributed by atoms with Gasteiger partial charge < -0.3 is 5.11 Å². The number of nitroso groups, excluding NO2 is 1. The van der Waals surface area contributed by atoms with Crippen molar-refractivity contribution in [1.29, 1.82) is 5.26 Å². The summed E-state index contributed by atoms with van der Waals surface area (Å²) in [4.78, 5) is 10.0. The highest BCUT2D eigenvalue weighted by Crippen LogP contribution is 2.15. The van der Waals surface area contributed by atoms with Crippen LogP contribution in [0.3, 0.4) is 0 Å². The summed E-state index contributed by atoms with van der Waals surface area (Å²) in [5.74, 6) is 0. The number of nitriles is 1. The molecule has 0 aliphatic carbocycles. The second-order valence-electron chi connectivity index (χ2n) is 2.75. The highest BCUT2D eigenvalue weighted by Gasteiger charge is 2.22. The van der Waals surface area contributed by atoms with Crippen LogP contribution < -0.4 is 0 Å². The molecule has 1 atom stereocenters. The zero-order chi connectivity index (χ0) is 8.20. The summed E-state index contributed by atoms with van der Waals surface area (Å²) in [6, 6.07) is 1.61. The van der Waals surface area contributed by atoms with Crippen molar-refractivity contribution in [3.63, 3.8) is 0 Å². The number of aliphatic hydroxyl groups excluding tert-OH is 1. The van der Waals surface area contributed by atoms with Crippen molar-refractivity contribution in [1.82, 2.24) is 0 Å². The molecule has 0 saturated heterocycles. The Morgan fingerprint density at radius 2 is 2.30 bits per heavy atom. The number of hydrogen-bond acceptors (Lipinski definition) is 4. The van der Waals surface area contributed by atoms with Gasteiger partial charge in [-0.2, -0.15) is 10.2 Å². The van der Waals surface area contributed by atoms with Crippen molar-refractivity contribution >= 4 is 0 Å². The Morgan fingerprint density at radius 1 is 1.80 bits per heavy atom. The second-order valence-corrected chi connectivity index (χ2v) is 2.75. The van der Waals surface area contributed by atoms with Crippen LogP contribution in [0.25, 0.3) is 0 Å². The molecule has 0 aromatic carbocycles. The van der Waals surface area contributed by atoms with Gasteiger partial charge in [0.1, 0.15) is 11.6 Å². The van der Waals surface area contributed by atoms with Crippen molar-refractivity contribution < 1.29 is 5.11 Å². The molecule has 0 aromatic heterocycles. The summed E-state index contributed by atoms with van der Waals surface area (Å²) in [5.41, 5.74) is -0.838. The molecule has 0 saturated carbocycles. The van der Waals surface area contributed by atoms with E-state index in [0.717, 1.165) is 0 Å². The van der Waals surface area contributed by atoms with Crippen LogP contribution in [-0.4, -0.2) is 16.7 Å². The molecule has 0 amide bonds. The number of nitrogens with zero attached hydrogens (tertiary/aromatic N) is 2. The van der Waals surface area contributed by atoms with Crippen LogP contribution in [0.5, 0.6) is 0 Å². The number of hydrogen-bond donors (Lipinski definition) is 1. The number of rotatable bonds is 3. The third-order valence-corrected chi connectivity index (χ3v) is 1.09. The molecule has 0 aliphatic heterocycles. The Morgan fingerprint density at radius 3 is 2.60 bits per heavy atom. The monoisotopic (exact) mass is 142 g/mol. The largest absolute Gasteiger partial charge is 0.378 e. The lowest BCUT2D eigenvalue weighted by molar-refractivity contribution is 0.191. The molecule has 0 bridgehead atoms. The van der Waals surface area contributed by atoms with Gasteiger partial charge in [-0.15, -0.1) is 0 Å². The second kappa shape index (κ2) is 3.28. The van der Waals surface area contributed by atoms with E-state index in [1.54, 1.807) is 19.9 Å². The lowest BCUT2D eigenvalue weighted by atomic mass is 9.99. The van der Waals surface area contributed by atoms with Crippen LogP contribution in [0.15, 0.2) is 5.18 Å². The maximum atomic E-state index is 10.0. The fourth-order valence-corrected chi connectivity index (χ4v) is 0.556. The van der Waals surface area contributed by atoms with Gasteiger partial charge in [-0.05, 0) is 13.8 Å². The summed E-state index contributed by atoms with van der Waals surface area (Å²) < 4.78 is 0. The normalized spacial score (nSPS) is 13.8. The van der Waals surface area contributed by atoms with Gasteiger partial charge >= 0.3 is 0 Å². The molecular weight excluding hydrogens is 132 g/mol. The highest BCUT2D eigenvalue weighted by molar-refractivity contribution is 4.90. The lowest BCUT2D eigenvalue weighted by Gasteiger charge is -2.14. The Kier molecular flexibility index (Phi) is 2.97. The molecule has 4 heteroatoms. The molecule has 0 spiro atoms.